The Balaban J connectivity index is 2.45. The van der Waals surface area contributed by atoms with E-state index in [1.54, 1.807) is 11.3 Å². The van der Waals surface area contributed by atoms with Crippen molar-refractivity contribution in [2.24, 2.45) is 5.73 Å². The molecule has 1 heterocycles. The van der Waals surface area contributed by atoms with Gasteiger partial charge in [0, 0.05) is 18.5 Å². The highest BCUT2D eigenvalue weighted by Gasteiger charge is 2.19. The first-order valence-corrected chi connectivity index (χ1v) is 6.32. The minimum Gasteiger partial charge on any atom is -0.370 e. The van der Waals surface area contributed by atoms with E-state index in [2.05, 4.69) is 32.7 Å². The van der Waals surface area contributed by atoms with E-state index >= 15 is 0 Å². The summed E-state index contributed by atoms with van der Waals surface area (Å²) in [6.45, 7) is 4.70. The number of halogens is 1. The molecule has 1 rings (SSSR count). The summed E-state index contributed by atoms with van der Waals surface area (Å²) in [5.74, 6) is -0.279. The summed E-state index contributed by atoms with van der Waals surface area (Å²) >= 11 is 5.06. The predicted octanol–water partition coefficient (Wildman–Crippen LogP) is 2.25. The molecule has 0 unspecified atom stereocenters. The van der Waals surface area contributed by atoms with Crippen LogP contribution in [0, 0.1) is 0 Å². The number of primary amides is 1. The van der Waals surface area contributed by atoms with Gasteiger partial charge in [0.05, 0.1) is 3.79 Å². The number of carbonyl (C=O) groups excluding carboxylic acids is 1. The zero-order chi connectivity index (χ0) is 11.5. The second-order valence-corrected chi connectivity index (χ2v) is 6.43. The van der Waals surface area contributed by atoms with Crippen molar-refractivity contribution in [3.05, 3.63) is 20.8 Å². The van der Waals surface area contributed by atoms with Crippen molar-refractivity contribution in [2.75, 3.05) is 0 Å². The normalized spacial score (nSPS) is 11.7. The molecule has 0 atom stereocenters. The van der Waals surface area contributed by atoms with Crippen LogP contribution < -0.4 is 11.1 Å². The summed E-state index contributed by atoms with van der Waals surface area (Å²) in [7, 11) is 0. The van der Waals surface area contributed by atoms with Crippen LogP contribution in [0.2, 0.25) is 0 Å². The summed E-state index contributed by atoms with van der Waals surface area (Å²) in [6, 6.07) is 2.07. The molecule has 0 saturated heterocycles. The number of hydrogen-bond donors (Lipinski definition) is 2. The van der Waals surface area contributed by atoms with Crippen LogP contribution in [0.3, 0.4) is 0 Å². The topological polar surface area (TPSA) is 55.1 Å². The second-order valence-electron chi connectivity index (χ2n) is 4.14. The molecule has 5 heteroatoms. The molecular formula is C10H15BrN2OS. The highest BCUT2D eigenvalue weighted by Crippen LogP contribution is 2.21. The van der Waals surface area contributed by atoms with Gasteiger partial charge in [-0.2, -0.15) is 0 Å². The number of nitrogens with one attached hydrogen (secondary N) is 1. The summed E-state index contributed by atoms with van der Waals surface area (Å²) in [4.78, 5) is 10.8. The Kier molecular flexibility index (Phi) is 4.31. The fourth-order valence-corrected chi connectivity index (χ4v) is 2.49. The van der Waals surface area contributed by atoms with Crippen LogP contribution in [-0.2, 0) is 11.3 Å². The monoisotopic (exact) mass is 290 g/mol. The van der Waals surface area contributed by atoms with Gasteiger partial charge in [0.2, 0.25) is 5.91 Å². The molecule has 0 radical (unpaired) electrons. The molecule has 1 amide bonds. The van der Waals surface area contributed by atoms with Gasteiger partial charge in [-0.3, -0.25) is 4.79 Å². The largest absolute Gasteiger partial charge is 0.370 e. The van der Waals surface area contributed by atoms with Crippen molar-refractivity contribution in [3.8, 4) is 0 Å². The van der Waals surface area contributed by atoms with Gasteiger partial charge in [-0.15, -0.1) is 11.3 Å². The number of carbonyl (C=O) groups is 1. The average molecular weight is 291 g/mol. The third kappa shape index (κ3) is 4.77. The van der Waals surface area contributed by atoms with Crippen LogP contribution in [0.4, 0.5) is 0 Å². The quantitative estimate of drug-likeness (QED) is 0.874. The smallest absolute Gasteiger partial charge is 0.219 e. The number of hydrogen-bond acceptors (Lipinski definition) is 3. The Morgan fingerprint density at radius 2 is 2.33 bits per heavy atom. The van der Waals surface area contributed by atoms with E-state index in [1.807, 2.05) is 13.8 Å². The van der Waals surface area contributed by atoms with Gasteiger partial charge >= 0.3 is 0 Å². The van der Waals surface area contributed by atoms with Crippen molar-refractivity contribution in [1.29, 1.82) is 0 Å². The van der Waals surface area contributed by atoms with Gasteiger partial charge < -0.3 is 11.1 Å². The first-order valence-electron chi connectivity index (χ1n) is 4.65. The van der Waals surface area contributed by atoms with E-state index in [4.69, 9.17) is 5.73 Å². The molecule has 0 aliphatic rings. The van der Waals surface area contributed by atoms with E-state index in [0.29, 0.717) is 6.42 Å². The van der Waals surface area contributed by atoms with Gasteiger partial charge in [0.1, 0.15) is 0 Å². The van der Waals surface area contributed by atoms with Crippen LogP contribution in [0.1, 0.15) is 25.8 Å². The van der Waals surface area contributed by atoms with Crippen LogP contribution in [-0.4, -0.2) is 11.4 Å². The van der Waals surface area contributed by atoms with E-state index in [0.717, 1.165) is 10.3 Å². The van der Waals surface area contributed by atoms with Gasteiger partial charge in [0.25, 0.3) is 0 Å². The third-order valence-corrected chi connectivity index (χ3v) is 3.56. The fraction of sp³-hybridized carbons (Fsp3) is 0.500. The maximum Gasteiger partial charge on any atom is 0.219 e. The van der Waals surface area contributed by atoms with Crippen LogP contribution >= 0.6 is 27.3 Å². The molecule has 0 aliphatic heterocycles. The van der Waals surface area contributed by atoms with Gasteiger partial charge in [0.15, 0.2) is 0 Å². The lowest BCUT2D eigenvalue weighted by Gasteiger charge is -2.24. The van der Waals surface area contributed by atoms with Crippen molar-refractivity contribution in [2.45, 2.75) is 32.4 Å². The summed E-state index contributed by atoms with van der Waals surface area (Å²) < 4.78 is 1.12. The Labute approximate surface area is 102 Å². The molecule has 0 aliphatic carbocycles. The van der Waals surface area contributed by atoms with Gasteiger partial charge in [-0.25, -0.2) is 0 Å². The Morgan fingerprint density at radius 3 is 2.80 bits per heavy atom. The molecule has 0 saturated carbocycles. The minimum absolute atomic E-state index is 0.250. The maximum atomic E-state index is 10.8. The lowest BCUT2D eigenvalue weighted by atomic mass is 10.00. The zero-order valence-electron chi connectivity index (χ0n) is 8.84. The van der Waals surface area contributed by atoms with Crippen LogP contribution in [0.25, 0.3) is 0 Å². The Morgan fingerprint density at radius 1 is 1.67 bits per heavy atom. The Hall–Kier alpha value is -0.390. The molecule has 3 N–H and O–H groups in total. The number of rotatable bonds is 5. The van der Waals surface area contributed by atoms with E-state index < -0.39 is 0 Å². The summed E-state index contributed by atoms with van der Waals surface area (Å²) in [5, 5.41) is 5.39. The molecule has 1 aromatic heterocycles. The maximum absolute atomic E-state index is 10.8. The molecule has 0 spiro atoms. The minimum atomic E-state index is -0.279. The summed E-state index contributed by atoms with van der Waals surface area (Å²) in [5.41, 5.74) is 6.13. The van der Waals surface area contributed by atoms with E-state index in [9.17, 15) is 4.79 Å². The molecule has 15 heavy (non-hydrogen) atoms. The SMILES string of the molecule is CC(C)(CC(N)=O)NCc1csc(Br)c1. The van der Waals surface area contributed by atoms with E-state index in [-0.39, 0.29) is 11.4 Å². The highest BCUT2D eigenvalue weighted by molar-refractivity contribution is 9.11. The first-order chi connectivity index (χ1) is 6.89. The van der Waals surface area contributed by atoms with Crippen molar-refractivity contribution >= 4 is 33.2 Å². The predicted molar refractivity (Wildman–Crippen MR) is 66.7 cm³/mol. The average Bonchev–Trinajstić information content (AvgIpc) is 2.46. The number of nitrogens with two attached hydrogens (primary N) is 1. The standard InChI is InChI=1S/C10H15BrN2OS/c1-10(2,4-9(12)14)13-5-7-3-8(11)15-6-7/h3,6,13H,4-5H2,1-2H3,(H2,12,14). The van der Waals surface area contributed by atoms with Gasteiger partial charge in [-0.05, 0) is 46.8 Å². The first kappa shape index (κ1) is 12.7. The highest BCUT2D eigenvalue weighted by atomic mass is 79.9. The number of thiophene rings is 1. The third-order valence-electron chi connectivity index (χ3n) is 2.01. The number of amides is 1. The van der Waals surface area contributed by atoms with Crippen LogP contribution in [0.15, 0.2) is 15.2 Å². The molecule has 0 bridgehead atoms. The van der Waals surface area contributed by atoms with Crippen molar-refractivity contribution in [3.63, 3.8) is 0 Å². The zero-order valence-corrected chi connectivity index (χ0v) is 11.2. The van der Waals surface area contributed by atoms with Crippen molar-refractivity contribution in [1.82, 2.24) is 5.32 Å². The summed E-state index contributed by atoms with van der Waals surface area (Å²) in [6.07, 6.45) is 0.346. The Bertz CT molecular complexity index is 349. The molecule has 0 aromatic carbocycles. The molecule has 1 aromatic rings. The fourth-order valence-electron chi connectivity index (χ4n) is 1.28. The van der Waals surface area contributed by atoms with Gasteiger partial charge in [-0.1, -0.05) is 0 Å². The molecular weight excluding hydrogens is 276 g/mol. The molecule has 84 valence electrons. The van der Waals surface area contributed by atoms with E-state index in [1.165, 1.54) is 5.56 Å². The lowest BCUT2D eigenvalue weighted by Crippen LogP contribution is -2.42. The van der Waals surface area contributed by atoms with Crippen LogP contribution in [0.5, 0.6) is 0 Å². The van der Waals surface area contributed by atoms with Crippen molar-refractivity contribution < 1.29 is 4.79 Å². The second kappa shape index (κ2) is 5.09. The lowest BCUT2D eigenvalue weighted by molar-refractivity contribution is -0.119. The molecule has 3 nitrogen and oxygen atoms in total. The molecule has 0 fully saturated rings.